The summed E-state index contributed by atoms with van der Waals surface area (Å²) in [7, 11) is 3.74. The van der Waals surface area contributed by atoms with E-state index >= 15 is 0 Å². The maximum absolute atomic E-state index is 11.3. The molecular weight excluding hydrogens is 138 g/mol. The Balaban J connectivity index is 4.32. The standard InChI is InChI=1S/C9H15NO/c1-6-7-8(11)9(2,3)10(4)5/h1H,7H2,2-5H3. The molecule has 0 rings (SSSR count). The largest absolute Gasteiger partial charge is 0.298 e. The number of ketones is 1. The maximum atomic E-state index is 11.3. The molecule has 0 aromatic carbocycles. The Bertz CT molecular complexity index is 186. The molecule has 0 heterocycles. The molecule has 0 saturated carbocycles. The first-order chi connectivity index (χ1) is 4.92. The minimum absolute atomic E-state index is 0.0880. The third kappa shape index (κ3) is 2.36. The van der Waals surface area contributed by atoms with Crippen molar-refractivity contribution >= 4 is 5.78 Å². The number of carbonyl (C=O) groups excluding carboxylic acids is 1. The zero-order chi connectivity index (χ0) is 9.07. The van der Waals surface area contributed by atoms with E-state index in [1.165, 1.54) is 0 Å². The highest BCUT2D eigenvalue weighted by Crippen LogP contribution is 2.12. The summed E-state index contributed by atoms with van der Waals surface area (Å²) in [5, 5.41) is 0. The lowest BCUT2D eigenvalue weighted by Gasteiger charge is -2.30. The van der Waals surface area contributed by atoms with Crippen molar-refractivity contribution in [3.05, 3.63) is 0 Å². The van der Waals surface area contributed by atoms with Crippen LogP contribution in [0, 0.1) is 12.3 Å². The van der Waals surface area contributed by atoms with Crippen molar-refractivity contribution < 1.29 is 4.79 Å². The zero-order valence-electron chi connectivity index (χ0n) is 7.64. The summed E-state index contributed by atoms with van der Waals surface area (Å²) >= 11 is 0. The summed E-state index contributed by atoms with van der Waals surface area (Å²) in [6, 6.07) is 0. The van der Waals surface area contributed by atoms with Gasteiger partial charge >= 0.3 is 0 Å². The summed E-state index contributed by atoms with van der Waals surface area (Å²) in [5.74, 6) is 2.44. The van der Waals surface area contributed by atoms with E-state index in [4.69, 9.17) is 6.42 Å². The van der Waals surface area contributed by atoms with E-state index in [0.717, 1.165) is 0 Å². The van der Waals surface area contributed by atoms with Crippen molar-refractivity contribution in [1.29, 1.82) is 0 Å². The average molecular weight is 153 g/mol. The Hall–Kier alpha value is -0.810. The van der Waals surface area contributed by atoms with Crippen molar-refractivity contribution in [2.45, 2.75) is 25.8 Å². The van der Waals surface area contributed by atoms with Crippen LogP contribution in [0.25, 0.3) is 0 Å². The molecule has 11 heavy (non-hydrogen) atoms. The molecule has 0 saturated heterocycles. The Morgan fingerprint density at radius 2 is 2.00 bits per heavy atom. The molecule has 0 aliphatic rings. The fourth-order valence-corrected chi connectivity index (χ4v) is 0.558. The smallest absolute Gasteiger partial charge is 0.164 e. The second-order valence-corrected chi connectivity index (χ2v) is 3.26. The van der Waals surface area contributed by atoms with Crippen LogP contribution >= 0.6 is 0 Å². The fourth-order valence-electron chi connectivity index (χ4n) is 0.558. The summed E-state index contributed by atoms with van der Waals surface area (Å²) in [5.41, 5.74) is -0.438. The molecule has 2 nitrogen and oxygen atoms in total. The number of hydrogen-bond donors (Lipinski definition) is 0. The molecule has 62 valence electrons. The molecule has 0 radical (unpaired) electrons. The fraction of sp³-hybridized carbons (Fsp3) is 0.667. The Morgan fingerprint density at radius 3 is 2.27 bits per heavy atom. The molecular formula is C9H15NO. The molecule has 0 unspecified atom stereocenters. The van der Waals surface area contributed by atoms with E-state index in [0.29, 0.717) is 0 Å². The third-order valence-electron chi connectivity index (χ3n) is 2.06. The molecule has 0 aromatic rings. The summed E-state index contributed by atoms with van der Waals surface area (Å²) in [4.78, 5) is 13.2. The maximum Gasteiger partial charge on any atom is 0.164 e. The molecule has 0 amide bonds. The van der Waals surface area contributed by atoms with Gasteiger partial charge in [0.15, 0.2) is 5.78 Å². The van der Waals surface area contributed by atoms with Gasteiger partial charge in [0, 0.05) is 0 Å². The van der Waals surface area contributed by atoms with Crippen molar-refractivity contribution in [3.8, 4) is 12.3 Å². The van der Waals surface area contributed by atoms with Crippen LogP contribution in [0.4, 0.5) is 0 Å². The van der Waals surface area contributed by atoms with Crippen LogP contribution in [0.5, 0.6) is 0 Å². The summed E-state index contributed by atoms with van der Waals surface area (Å²) in [6.45, 7) is 3.74. The van der Waals surface area contributed by atoms with Crippen LogP contribution in [0.1, 0.15) is 20.3 Å². The van der Waals surface area contributed by atoms with Crippen LogP contribution in [-0.4, -0.2) is 30.3 Å². The van der Waals surface area contributed by atoms with Crippen molar-refractivity contribution in [2.75, 3.05) is 14.1 Å². The molecule has 0 bridgehead atoms. The van der Waals surface area contributed by atoms with Crippen molar-refractivity contribution in [2.24, 2.45) is 0 Å². The summed E-state index contributed by atoms with van der Waals surface area (Å²) < 4.78 is 0. The lowest BCUT2D eigenvalue weighted by Crippen LogP contribution is -2.45. The highest BCUT2D eigenvalue weighted by atomic mass is 16.1. The van der Waals surface area contributed by atoms with Gasteiger partial charge < -0.3 is 0 Å². The SMILES string of the molecule is C#CCC(=O)C(C)(C)N(C)C. The first-order valence-corrected chi connectivity index (χ1v) is 3.57. The number of terminal acetylenes is 1. The average Bonchev–Trinajstić information content (AvgIpc) is 1.88. The minimum atomic E-state index is -0.438. The van der Waals surface area contributed by atoms with Gasteiger partial charge in [-0.15, -0.1) is 6.42 Å². The predicted octanol–water partition coefficient (Wildman–Crippen LogP) is 0.919. The molecule has 2 heteroatoms. The van der Waals surface area contributed by atoms with Gasteiger partial charge in [0.1, 0.15) is 0 Å². The normalized spacial score (nSPS) is 11.3. The first-order valence-electron chi connectivity index (χ1n) is 3.57. The van der Waals surface area contributed by atoms with E-state index in [9.17, 15) is 4.79 Å². The van der Waals surface area contributed by atoms with Crippen LogP contribution < -0.4 is 0 Å². The van der Waals surface area contributed by atoms with Crippen LogP contribution in [0.15, 0.2) is 0 Å². The van der Waals surface area contributed by atoms with E-state index in [2.05, 4.69) is 5.92 Å². The minimum Gasteiger partial charge on any atom is -0.298 e. The topological polar surface area (TPSA) is 20.3 Å². The van der Waals surface area contributed by atoms with Crippen LogP contribution in [0.2, 0.25) is 0 Å². The van der Waals surface area contributed by atoms with Crippen LogP contribution in [-0.2, 0) is 4.79 Å². The highest BCUT2D eigenvalue weighted by Gasteiger charge is 2.28. The third-order valence-corrected chi connectivity index (χ3v) is 2.06. The van der Waals surface area contributed by atoms with Gasteiger partial charge in [0.2, 0.25) is 0 Å². The molecule has 0 aromatic heterocycles. The van der Waals surface area contributed by atoms with Gasteiger partial charge in [-0.05, 0) is 27.9 Å². The van der Waals surface area contributed by atoms with Gasteiger partial charge in [-0.2, -0.15) is 0 Å². The van der Waals surface area contributed by atoms with Gasteiger partial charge in [-0.1, -0.05) is 5.92 Å². The number of hydrogen-bond acceptors (Lipinski definition) is 2. The second-order valence-electron chi connectivity index (χ2n) is 3.26. The molecule has 0 spiro atoms. The molecule has 0 aliphatic carbocycles. The Kier molecular flexibility index (Phi) is 3.28. The Labute approximate surface area is 68.6 Å². The van der Waals surface area contributed by atoms with Gasteiger partial charge in [0.05, 0.1) is 12.0 Å². The van der Waals surface area contributed by atoms with Gasteiger partial charge in [-0.3, -0.25) is 9.69 Å². The molecule has 0 N–H and O–H groups in total. The Morgan fingerprint density at radius 1 is 1.55 bits per heavy atom. The molecule has 0 atom stereocenters. The lowest BCUT2D eigenvalue weighted by atomic mass is 9.96. The number of likely N-dealkylation sites (N-methyl/N-ethyl adjacent to an activating group) is 1. The predicted molar refractivity (Wildman–Crippen MR) is 46.2 cm³/mol. The number of carbonyl (C=O) groups is 1. The molecule has 0 fully saturated rings. The first kappa shape index (κ1) is 10.2. The summed E-state index contributed by atoms with van der Waals surface area (Å²) in [6.07, 6.45) is 5.25. The van der Waals surface area contributed by atoms with E-state index in [1.54, 1.807) is 0 Å². The lowest BCUT2D eigenvalue weighted by molar-refractivity contribution is -0.126. The zero-order valence-corrected chi connectivity index (χ0v) is 7.64. The van der Waals surface area contributed by atoms with E-state index in [-0.39, 0.29) is 12.2 Å². The second kappa shape index (κ2) is 3.54. The number of nitrogens with zero attached hydrogens (tertiary/aromatic N) is 1. The van der Waals surface area contributed by atoms with E-state index < -0.39 is 5.54 Å². The van der Waals surface area contributed by atoms with Crippen LogP contribution in [0.3, 0.4) is 0 Å². The van der Waals surface area contributed by atoms with Gasteiger partial charge in [-0.25, -0.2) is 0 Å². The number of Topliss-reactive ketones (excluding diaryl/α,β-unsaturated/α-hetero) is 1. The highest BCUT2D eigenvalue weighted by molar-refractivity contribution is 5.89. The van der Waals surface area contributed by atoms with Crippen molar-refractivity contribution in [1.82, 2.24) is 4.90 Å². The quantitative estimate of drug-likeness (QED) is 0.562. The van der Waals surface area contributed by atoms with Gasteiger partial charge in [0.25, 0.3) is 0 Å². The monoisotopic (exact) mass is 153 g/mol. The van der Waals surface area contributed by atoms with Crippen molar-refractivity contribution in [3.63, 3.8) is 0 Å². The van der Waals surface area contributed by atoms with E-state index in [1.807, 2.05) is 32.8 Å². The molecule has 0 aliphatic heterocycles. The number of rotatable bonds is 3.